The molecule has 6 heterocycles. The number of para-hydroxylation sites is 2. The molecule has 0 spiro atoms. The predicted octanol–water partition coefficient (Wildman–Crippen LogP) is 8.05. The highest BCUT2D eigenvalue weighted by atomic mass is 31.2. The molecule has 2 aromatic carbocycles. The standard InChI is InChI=1S/2C36H48N7O10P/c2*1-21(2)33(44)50-30-29(27-15-16-28-32(39)40-20-41-43(27)28)52-36(18-37,31(30)51-34(45)22(3)4)19-49-54(47,53-26-9-7-6-8-10-26)42-23(5)35(46)48-17-24-11-13-25(38)14-12-24/h2*6-10,15-16,20-25,29-31H,11-14,17,19,38H2,1-5H3,(H,42,47)(H2,39,40,41)/t23-,24?,25?,29-,30-,31-,36+,54+;23-,24?,25?,29-,30-,31-,36+,54-/m00/s1. The van der Waals surface area contributed by atoms with E-state index in [-0.39, 0.29) is 71.7 Å². The van der Waals surface area contributed by atoms with E-state index in [1.807, 2.05) is 12.1 Å². The first-order valence-corrected chi connectivity index (χ1v) is 38.9. The summed E-state index contributed by atoms with van der Waals surface area (Å²) in [5.41, 5.74) is 21.0. The number of nitriles is 2. The van der Waals surface area contributed by atoms with Crippen molar-refractivity contribution in [2.45, 2.75) is 193 Å². The van der Waals surface area contributed by atoms with Gasteiger partial charge in [-0.2, -0.15) is 30.9 Å². The molecule has 0 bridgehead atoms. The van der Waals surface area contributed by atoms with Crippen LogP contribution in [0.4, 0.5) is 11.6 Å². The minimum atomic E-state index is -4.58. The molecule has 0 radical (unpaired) electrons. The molecule has 2 saturated heterocycles. The molecule has 6 aromatic rings. The first-order valence-electron chi connectivity index (χ1n) is 35.8. The number of ether oxygens (including phenoxy) is 8. The van der Waals surface area contributed by atoms with Crippen molar-refractivity contribution < 1.29 is 93.9 Å². The van der Waals surface area contributed by atoms with E-state index in [0.29, 0.717) is 11.0 Å². The maximum atomic E-state index is 14.6. The summed E-state index contributed by atoms with van der Waals surface area (Å²) >= 11 is 0. The number of rotatable bonds is 30. The van der Waals surface area contributed by atoms with Gasteiger partial charge in [0, 0.05) is 12.1 Å². The Balaban J connectivity index is 0.000000249. The molecule has 584 valence electrons. The van der Waals surface area contributed by atoms with Gasteiger partial charge in [-0.05, 0) is 126 Å². The Morgan fingerprint density at radius 3 is 1.17 bits per heavy atom. The number of carbonyl (C=O) groups is 6. The highest BCUT2D eigenvalue weighted by Gasteiger charge is 2.64. The fourth-order valence-electron chi connectivity index (χ4n) is 12.2. The lowest BCUT2D eigenvalue weighted by Crippen LogP contribution is -2.50. The Morgan fingerprint density at radius 1 is 0.509 bits per heavy atom. The SMILES string of the molecule is CC(C)C(=O)O[C@H]1[C@H](c2ccc3c(N)ncnn23)O[C@](C#N)(CO[P@@](=O)(N[C@@H](C)C(=O)OCC2CCC(N)CC2)Oc2ccccc2)[C@H]1OC(=O)C(C)C.CC(C)C(=O)O[C@H]1[C@H](c2ccc3c(N)ncnn23)O[C@](C#N)(CO[P@](=O)(N[C@@H](C)C(=O)OCC2CCC(N)CC2)Oc2ccccc2)[C@H]1OC(=O)C(C)C. The zero-order chi connectivity index (χ0) is 78.4. The Kier molecular flexibility index (Phi) is 27.9. The molecule has 108 heavy (non-hydrogen) atoms. The molecule has 2 aliphatic carbocycles. The van der Waals surface area contributed by atoms with E-state index < -0.39 is 148 Å². The van der Waals surface area contributed by atoms with Gasteiger partial charge in [0.25, 0.3) is 0 Å². The number of hydrogen-bond acceptors (Lipinski definition) is 30. The van der Waals surface area contributed by atoms with Crippen LogP contribution in [0.15, 0.2) is 97.6 Å². The number of esters is 6. The second-order valence-electron chi connectivity index (χ2n) is 28.5. The van der Waals surface area contributed by atoms with Crippen LogP contribution in [-0.4, -0.2) is 151 Å². The molecule has 2 saturated carbocycles. The van der Waals surface area contributed by atoms with Gasteiger partial charge in [0.2, 0.25) is 11.2 Å². The molecule has 4 aliphatic rings. The average Bonchev–Trinajstić information content (AvgIpc) is 1.59. The van der Waals surface area contributed by atoms with Crippen molar-refractivity contribution in [1.82, 2.24) is 39.4 Å². The molecule has 0 amide bonds. The number of carbonyl (C=O) groups excluding carboxylic acids is 6. The summed E-state index contributed by atoms with van der Waals surface area (Å²) in [4.78, 5) is 87.1. The Labute approximate surface area is 625 Å². The predicted molar refractivity (Wildman–Crippen MR) is 386 cm³/mol. The minimum Gasteiger partial charge on any atom is -0.464 e. The molecule has 10 rings (SSSR count). The number of nitrogen functional groups attached to an aromatic ring is 2. The molecule has 4 fully saturated rings. The van der Waals surface area contributed by atoms with Crippen molar-refractivity contribution in [1.29, 1.82) is 10.5 Å². The molecular weight excluding hydrogens is 1440 g/mol. The Hall–Kier alpha value is -9.18. The number of fused-ring (bicyclic) bond motifs is 2. The zero-order valence-corrected chi connectivity index (χ0v) is 63.7. The van der Waals surface area contributed by atoms with Gasteiger partial charge in [0.05, 0.1) is 48.3 Å². The minimum absolute atomic E-state index is 0.118. The van der Waals surface area contributed by atoms with Gasteiger partial charge < -0.3 is 69.9 Å². The maximum absolute atomic E-state index is 14.6. The van der Waals surface area contributed by atoms with Crippen LogP contribution in [0.5, 0.6) is 11.5 Å². The number of benzene rings is 2. The van der Waals surface area contributed by atoms with Crippen LogP contribution < -0.4 is 42.2 Å². The number of nitrogens with zero attached hydrogens (tertiary/aromatic N) is 8. The van der Waals surface area contributed by atoms with Gasteiger partial charge in [-0.15, -0.1) is 0 Å². The lowest BCUT2D eigenvalue weighted by atomic mass is 9.87. The quantitative estimate of drug-likeness (QED) is 0.0141. The molecule has 0 unspecified atom stereocenters. The molecule has 10 N–H and O–H groups in total. The number of nitrogens with two attached hydrogens (primary N) is 4. The van der Waals surface area contributed by atoms with Crippen LogP contribution in [0.2, 0.25) is 0 Å². The summed E-state index contributed by atoms with van der Waals surface area (Å²) in [6, 6.07) is 24.5. The van der Waals surface area contributed by atoms with Crippen LogP contribution in [0.1, 0.15) is 144 Å². The third-order valence-electron chi connectivity index (χ3n) is 18.6. The number of hydrogen-bond donors (Lipinski definition) is 6. The first-order chi connectivity index (χ1) is 51.3. The summed E-state index contributed by atoms with van der Waals surface area (Å²) in [6.45, 7) is 14.3. The molecule has 12 atom stereocenters. The number of aromatic nitrogens is 6. The van der Waals surface area contributed by atoms with Crippen molar-refractivity contribution in [3.63, 3.8) is 0 Å². The van der Waals surface area contributed by atoms with E-state index in [1.165, 1.54) is 59.8 Å². The van der Waals surface area contributed by atoms with Crippen LogP contribution in [0.3, 0.4) is 0 Å². The largest absolute Gasteiger partial charge is 0.464 e. The fourth-order valence-corrected chi connectivity index (χ4v) is 15.3. The van der Waals surface area contributed by atoms with E-state index in [9.17, 15) is 48.4 Å². The average molecular weight is 1540 g/mol. The van der Waals surface area contributed by atoms with Gasteiger partial charge in [-0.25, -0.2) is 28.1 Å². The number of anilines is 2. The third kappa shape index (κ3) is 20.4. The molecule has 34 nitrogen and oxygen atoms in total. The smallest absolute Gasteiger partial charge is 0.459 e. The van der Waals surface area contributed by atoms with Gasteiger partial charge in [-0.1, -0.05) is 91.8 Å². The van der Waals surface area contributed by atoms with Crippen molar-refractivity contribution in [2.75, 3.05) is 37.9 Å². The highest BCUT2D eigenvalue weighted by Crippen LogP contribution is 2.53. The van der Waals surface area contributed by atoms with Crippen LogP contribution >= 0.6 is 15.5 Å². The summed E-state index contributed by atoms with van der Waals surface area (Å²) < 4.78 is 103. The van der Waals surface area contributed by atoms with E-state index >= 15 is 0 Å². The lowest BCUT2D eigenvalue weighted by molar-refractivity contribution is -0.173. The normalized spacial score (nSPS) is 25.8. The van der Waals surface area contributed by atoms with E-state index in [4.69, 9.17) is 78.9 Å². The lowest BCUT2D eigenvalue weighted by Gasteiger charge is -2.31. The fraction of sp³-hybridized carbons (Fsp3) is 0.556. The second-order valence-corrected chi connectivity index (χ2v) is 31.9. The van der Waals surface area contributed by atoms with Crippen molar-refractivity contribution in [3.05, 3.63) is 109 Å². The Bertz CT molecular complexity index is 4020. The van der Waals surface area contributed by atoms with Gasteiger partial charge >= 0.3 is 51.3 Å². The van der Waals surface area contributed by atoms with Gasteiger partial charge in [0.15, 0.2) is 36.1 Å². The molecule has 2 aliphatic heterocycles. The molecule has 36 heteroatoms. The van der Waals surface area contributed by atoms with E-state index in [2.05, 4.69) is 30.3 Å². The molecular formula is C72H96N14O20P2. The van der Waals surface area contributed by atoms with Crippen LogP contribution in [0, 0.1) is 58.2 Å². The third-order valence-corrected chi connectivity index (χ3v) is 21.8. The van der Waals surface area contributed by atoms with Crippen molar-refractivity contribution in [2.24, 2.45) is 47.0 Å². The monoisotopic (exact) mass is 1540 g/mol. The van der Waals surface area contributed by atoms with Crippen molar-refractivity contribution >= 4 is 74.0 Å². The van der Waals surface area contributed by atoms with E-state index in [1.54, 1.807) is 116 Å². The van der Waals surface area contributed by atoms with Crippen molar-refractivity contribution in [3.8, 4) is 23.6 Å². The Morgan fingerprint density at radius 2 is 0.843 bits per heavy atom. The van der Waals surface area contributed by atoms with E-state index in [0.717, 1.165) is 51.4 Å². The highest BCUT2D eigenvalue weighted by molar-refractivity contribution is 7.52. The van der Waals surface area contributed by atoms with Crippen LogP contribution in [-0.2, 0) is 84.8 Å². The molecule has 4 aromatic heterocycles. The number of nitrogens with one attached hydrogen (secondary N) is 2. The summed E-state index contributed by atoms with van der Waals surface area (Å²) in [5, 5.41) is 35.5. The first kappa shape index (κ1) is 82.9. The van der Waals surface area contributed by atoms with Gasteiger partial charge in [-0.3, -0.25) is 37.8 Å². The summed E-state index contributed by atoms with van der Waals surface area (Å²) in [7, 11) is -9.16. The zero-order valence-electron chi connectivity index (χ0n) is 61.9. The second kappa shape index (κ2) is 36.4. The summed E-state index contributed by atoms with van der Waals surface area (Å²) in [5.74, 6) is -6.00. The topological polar surface area (TPSA) is 483 Å². The summed E-state index contributed by atoms with van der Waals surface area (Å²) in [6.07, 6.45) is 0.385. The van der Waals surface area contributed by atoms with Gasteiger partial charge in [0.1, 0.15) is 84.8 Å². The van der Waals surface area contributed by atoms with Crippen LogP contribution in [0.25, 0.3) is 11.0 Å². The maximum Gasteiger partial charge on any atom is 0.459 e.